The molecule has 1 heterocycles. The molecule has 21 heavy (non-hydrogen) atoms. The summed E-state index contributed by atoms with van der Waals surface area (Å²) in [4.78, 5) is 2.33. The zero-order valence-corrected chi connectivity index (χ0v) is 14.0. The molecule has 0 aliphatic heterocycles. The maximum Gasteiger partial charge on any atom is 0.216 e. The second-order valence-electron chi connectivity index (χ2n) is 5.21. The third-order valence-electron chi connectivity index (χ3n) is 3.21. The van der Waals surface area contributed by atoms with Crippen LogP contribution in [0.5, 0.6) is 0 Å². The van der Waals surface area contributed by atoms with Crippen molar-refractivity contribution in [1.82, 2.24) is 4.72 Å². The molecule has 3 N–H and O–H groups in total. The van der Waals surface area contributed by atoms with Gasteiger partial charge >= 0.3 is 0 Å². The number of nitrogens with two attached hydrogens (primary N) is 1. The van der Waals surface area contributed by atoms with Gasteiger partial charge in [-0.25, -0.2) is 13.1 Å². The molecule has 0 saturated carbocycles. The lowest BCUT2D eigenvalue weighted by Crippen LogP contribution is -2.28. The molecule has 2 rings (SSSR count). The summed E-state index contributed by atoms with van der Waals surface area (Å²) in [5.74, 6) is -0.0649. The Hall–Kier alpha value is -1.37. The van der Waals surface area contributed by atoms with E-state index < -0.39 is 10.0 Å². The summed E-state index contributed by atoms with van der Waals surface area (Å²) in [6.45, 7) is 5.90. The van der Waals surface area contributed by atoms with Crippen molar-refractivity contribution in [2.45, 2.75) is 32.6 Å². The molecule has 4 nitrogen and oxygen atoms in total. The van der Waals surface area contributed by atoms with E-state index in [0.29, 0.717) is 11.3 Å². The van der Waals surface area contributed by atoms with Crippen LogP contribution in [0, 0.1) is 13.8 Å². The normalized spacial score (nSPS) is 13.3. The monoisotopic (exact) mass is 324 g/mol. The first-order valence-corrected chi connectivity index (χ1v) is 9.15. The molecule has 0 aliphatic rings. The molecule has 0 saturated heterocycles. The van der Waals surface area contributed by atoms with Gasteiger partial charge in [-0.3, -0.25) is 0 Å². The first-order valence-electron chi connectivity index (χ1n) is 6.68. The Morgan fingerprint density at radius 1 is 1.29 bits per heavy atom. The minimum absolute atomic E-state index is 0.0649. The Kier molecular flexibility index (Phi) is 4.70. The maximum absolute atomic E-state index is 12.3. The smallest absolute Gasteiger partial charge is 0.216 e. The molecule has 0 fully saturated rings. The van der Waals surface area contributed by atoms with Crippen LogP contribution in [0.1, 0.15) is 33.8 Å². The summed E-state index contributed by atoms with van der Waals surface area (Å²) in [6.07, 6.45) is 0. The Balaban J connectivity index is 2.12. The number of nitrogens with one attached hydrogen (secondary N) is 1. The zero-order chi connectivity index (χ0) is 15.6. The number of aryl methyl sites for hydroxylation is 2. The van der Waals surface area contributed by atoms with Gasteiger partial charge in [-0.05, 0) is 50.1 Å². The van der Waals surface area contributed by atoms with Crippen LogP contribution in [0.2, 0.25) is 0 Å². The lowest BCUT2D eigenvalue weighted by Gasteiger charge is -2.14. The summed E-state index contributed by atoms with van der Waals surface area (Å²) in [5.41, 5.74) is 7.97. The van der Waals surface area contributed by atoms with Crippen LogP contribution in [-0.2, 0) is 15.8 Å². The number of hydrogen-bond acceptors (Lipinski definition) is 4. The Labute approximate surface area is 130 Å². The Bertz CT molecular complexity index is 736. The van der Waals surface area contributed by atoms with E-state index in [-0.39, 0.29) is 11.8 Å². The number of anilines is 1. The molecule has 0 radical (unpaired) electrons. The van der Waals surface area contributed by atoms with Crippen molar-refractivity contribution in [2.75, 3.05) is 5.73 Å². The van der Waals surface area contributed by atoms with Gasteiger partial charge < -0.3 is 5.73 Å². The van der Waals surface area contributed by atoms with E-state index >= 15 is 0 Å². The fraction of sp³-hybridized carbons (Fsp3) is 0.333. The minimum atomic E-state index is -3.41. The van der Waals surface area contributed by atoms with Crippen molar-refractivity contribution in [3.63, 3.8) is 0 Å². The number of benzene rings is 1. The first kappa shape index (κ1) is 16.0. The highest BCUT2D eigenvalue weighted by atomic mass is 32.2. The minimum Gasteiger partial charge on any atom is -0.399 e. The standard InChI is InChI=1S/C15H20N2O2S2/c1-10-7-15(12(3)20-10)11(2)17-21(18,19)9-13-5-4-6-14(16)8-13/h4-8,11,17H,9,16H2,1-3H3. The topological polar surface area (TPSA) is 72.2 Å². The van der Waals surface area contributed by atoms with Gasteiger partial charge in [-0.1, -0.05) is 12.1 Å². The van der Waals surface area contributed by atoms with E-state index in [1.54, 1.807) is 35.6 Å². The summed E-state index contributed by atoms with van der Waals surface area (Å²) in [6, 6.07) is 8.75. The predicted octanol–water partition coefficient (Wildman–Crippen LogP) is 3.13. The van der Waals surface area contributed by atoms with E-state index in [0.717, 1.165) is 10.4 Å². The highest BCUT2D eigenvalue weighted by Gasteiger charge is 2.19. The number of sulfonamides is 1. The SMILES string of the molecule is Cc1cc(C(C)NS(=O)(=O)Cc2cccc(N)c2)c(C)s1. The van der Waals surface area contributed by atoms with Crippen LogP contribution >= 0.6 is 11.3 Å². The molecule has 114 valence electrons. The molecule has 0 aliphatic carbocycles. The van der Waals surface area contributed by atoms with E-state index in [1.165, 1.54) is 4.88 Å². The fourth-order valence-corrected chi connectivity index (χ4v) is 4.75. The van der Waals surface area contributed by atoms with Crippen LogP contribution in [0.25, 0.3) is 0 Å². The van der Waals surface area contributed by atoms with Crippen molar-refractivity contribution in [3.05, 3.63) is 51.2 Å². The van der Waals surface area contributed by atoms with Gasteiger partial charge in [0.1, 0.15) is 0 Å². The lowest BCUT2D eigenvalue weighted by molar-refractivity contribution is 0.566. The van der Waals surface area contributed by atoms with E-state index in [2.05, 4.69) is 4.72 Å². The third-order valence-corrected chi connectivity index (χ3v) is 5.62. The molecule has 1 aromatic carbocycles. The second kappa shape index (κ2) is 6.17. The second-order valence-corrected chi connectivity index (χ2v) is 8.43. The molecule has 6 heteroatoms. The highest BCUT2D eigenvalue weighted by molar-refractivity contribution is 7.88. The van der Waals surface area contributed by atoms with E-state index in [1.807, 2.05) is 26.8 Å². The third kappa shape index (κ3) is 4.30. The molecule has 2 aromatic rings. The summed E-state index contributed by atoms with van der Waals surface area (Å²) in [5, 5.41) is 0. The molecule has 1 aromatic heterocycles. The average Bonchev–Trinajstić information content (AvgIpc) is 2.67. The largest absolute Gasteiger partial charge is 0.399 e. The van der Waals surface area contributed by atoms with Gasteiger partial charge in [0, 0.05) is 21.5 Å². The summed E-state index contributed by atoms with van der Waals surface area (Å²) < 4.78 is 27.3. The van der Waals surface area contributed by atoms with Crippen molar-refractivity contribution in [2.24, 2.45) is 0 Å². The van der Waals surface area contributed by atoms with Crippen molar-refractivity contribution in [1.29, 1.82) is 0 Å². The predicted molar refractivity (Wildman–Crippen MR) is 88.8 cm³/mol. The van der Waals surface area contributed by atoms with Crippen LogP contribution in [0.15, 0.2) is 30.3 Å². The lowest BCUT2D eigenvalue weighted by atomic mass is 10.1. The molecule has 0 amide bonds. The molecule has 1 unspecified atom stereocenters. The Morgan fingerprint density at radius 3 is 2.57 bits per heavy atom. The molecular formula is C15H20N2O2S2. The van der Waals surface area contributed by atoms with Crippen molar-refractivity contribution >= 4 is 27.0 Å². The number of thiophene rings is 1. The molecular weight excluding hydrogens is 304 g/mol. The van der Waals surface area contributed by atoms with Crippen LogP contribution in [0.3, 0.4) is 0 Å². The maximum atomic E-state index is 12.3. The van der Waals surface area contributed by atoms with Crippen molar-refractivity contribution < 1.29 is 8.42 Å². The average molecular weight is 324 g/mol. The Morgan fingerprint density at radius 2 is 2.00 bits per heavy atom. The highest BCUT2D eigenvalue weighted by Crippen LogP contribution is 2.26. The van der Waals surface area contributed by atoms with E-state index in [9.17, 15) is 8.42 Å². The van der Waals surface area contributed by atoms with Crippen LogP contribution in [0.4, 0.5) is 5.69 Å². The molecule has 0 spiro atoms. The van der Waals surface area contributed by atoms with Crippen LogP contribution < -0.4 is 10.5 Å². The summed E-state index contributed by atoms with van der Waals surface area (Å²) in [7, 11) is -3.41. The summed E-state index contributed by atoms with van der Waals surface area (Å²) >= 11 is 1.68. The van der Waals surface area contributed by atoms with Gasteiger partial charge in [0.15, 0.2) is 0 Å². The molecule has 1 atom stereocenters. The zero-order valence-electron chi connectivity index (χ0n) is 12.4. The number of nitrogen functional groups attached to an aromatic ring is 1. The van der Waals surface area contributed by atoms with E-state index in [4.69, 9.17) is 5.73 Å². The fourth-order valence-electron chi connectivity index (χ4n) is 2.36. The van der Waals surface area contributed by atoms with Gasteiger partial charge in [0.25, 0.3) is 0 Å². The number of hydrogen-bond donors (Lipinski definition) is 2. The van der Waals surface area contributed by atoms with Crippen molar-refractivity contribution in [3.8, 4) is 0 Å². The quantitative estimate of drug-likeness (QED) is 0.830. The molecule has 0 bridgehead atoms. The first-order chi connectivity index (χ1) is 9.77. The van der Waals surface area contributed by atoms with Gasteiger partial charge in [-0.15, -0.1) is 11.3 Å². The van der Waals surface area contributed by atoms with Gasteiger partial charge in [0.05, 0.1) is 5.75 Å². The van der Waals surface area contributed by atoms with Crippen LogP contribution in [-0.4, -0.2) is 8.42 Å². The number of rotatable bonds is 5. The van der Waals surface area contributed by atoms with Gasteiger partial charge in [0.2, 0.25) is 10.0 Å². The van der Waals surface area contributed by atoms with Gasteiger partial charge in [-0.2, -0.15) is 0 Å².